The van der Waals surface area contributed by atoms with Crippen molar-refractivity contribution >= 4 is 34.9 Å². The van der Waals surface area contributed by atoms with Crippen molar-refractivity contribution in [2.45, 2.75) is 37.0 Å². The van der Waals surface area contributed by atoms with E-state index in [1.165, 1.54) is 4.88 Å². The first-order chi connectivity index (χ1) is 9.66. The molecule has 3 atom stereocenters. The van der Waals surface area contributed by atoms with Gasteiger partial charge in [-0.25, -0.2) is 0 Å². The van der Waals surface area contributed by atoms with Crippen molar-refractivity contribution in [1.29, 1.82) is 0 Å². The highest BCUT2D eigenvalue weighted by Gasteiger charge is 2.35. The lowest BCUT2D eigenvalue weighted by Crippen LogP contribution is -2.44. The quantitative estimate of drug-likeness (QED) is 0.895. The van der Waals surface area contributed by atoms with Gasteiger partial charge in [0.25, 0.3) is 0 Å². The average Bonchev–Trinajstić information content (AvgIpc) is 3.05. The second-order valence-corrected chi connectivity index (χ2v) is 7.57. The smallest absolute Gasteiger partial charge is 0.237 e. The van der Waals surface area contributed by atoms with E-state index in [1.54, 1.807) is 23.1 Å². The summed E-state index contributed by atoms with van der Waals surface area (Å²) in [4.78, 5) is 25.2. The Labute approximate surface area is 126 Å². The van der Waals surface area contributed by atoms with E-state index in [0.29, 0.717) is 0 Å². The van der Waals surface area contributed by atoms with E-state index < -0.39 is 0 Å². The number of thiophene rings is 1. The molecule has 2 heterocycles. The molecule has 4 nitrogen and oxygen atoms in total. The molecule has 0 radical (unpaired) electrons. The van der Waals surface area contributed by atoms with E-state index in [9.17, 15) is 9.59 Å². The summed E-state index contributed by atoms with van der Waals surface area (Å²) in [6.07, 6.45) is 3.66. The van der Waals surface area contributed by atoms with Crippen LogP contribution in [-0.4, -0.2) is 23.6 Å². The second kappa shape index (κ2) is 5.77. The Morgan fingerprint density at radius 1 is 1.35 bits per heavy atom. The van der Waals surface area contributed by atoms with Crippen molar-refractivity contribution in [2.75, 3.05) is 5.75 Å². The molecule has 0 aromatic carbocycles. The van der Waals surface area contributed by atoms with Gasteiger partial charge in [0.05, 0.1) is 5.92 Å². The van der Waals surface area contributed by atoms with E-state index in [0.717, 1.165) is 37.0 Å². The minimum atomic E-state index is -0.291. The Kier molecular flexibility index (Phi) is 4.03. The second-order valence-electron chi connectivity index (χ2n) is 5.35. The molecule has 2 aliphatic rings. The van der Waals surface area contributed by atoms with Gasteiger partial charge in [0.2, 0.25) is 11.8 Å². The van der Waals surface area contributed by atoms with Crippen LogP contribution in [0.3, 0.4) is 0 Å². The largest absolute Gasteiger partial charge is 0.369 e. The molecular formula is C14H18N2O2S2. The number of aryl methyl sites for hydroxylation is 1. The fourth-order valence-corrected chi connectivity index (χ4v) is 5.40. The molecule has 1 aliphatic heterocycles. The molecule has 1 aromatic heterocycles. The van der Waals surface area contributed by atoms with Crippen LogP contribution in [0.15, 0.2) is 11.4 Å². The molecule has 1 fully saturated rings. The van der Waals surface area contributed by atoms with Crippen LogP contribution in [0.1, 0.15) is 35.0 Å². The molecule has 3 rings (SSSR count). The molecule has 0 unspecified atom stereocenters. The number of carbonyl (C=O) groups excluding carboxylic acids is 2. The van der Waals surface area contributed by atoms with E-state index >= 15 is 0 Å². The van der Waals surface area contributed by atoms with Crippen LogP contribution >= 0.6 is 23.1 Å². The molecule has 0 spiro atoms. The minimum absolute atomic E-state index is 0.0347. The Morgan fingerprint density at radius 2 is 2.20 bits per heavy atom. The lowest BCUT2D eigenvalue weighted by Gasteiger charge is -2.25. The topological polar surface area (TPSA) is 72.2 Å². The van der Waals surface area contributed by atoms with Gasteiger partial charge in [-0.3, -0.25) is 9.59 Å². The van der Waals surface area contributed by atoms with Crippen LogP contribution in [0.5, 0.6) is 0 Å². The predicted octanol–water partition coefficient (Wildman–Crippen LogP) is 1.85. The molecule has 108 valence electrons. The average molecular weight is 310 g/mol. The zero-order valence-corrected chi connectivity index (χ0v) is 12.8. The molecule has 6 heteroatoms. The number of nitrogens with two attached hydrogens (primary N) is 1. The number of thioether (sulfide) groups is 1. The number of rotatable bonds is 3. The van der Waals surface area contributed by atoms with Crippen molar-refractivity contribution in [1.82, 2.24) is 5.32 Å². The van der Waals surface area contributed by atoms with Crippen LogP contribution in [-0.2, 0) is 16.0 Å². The van der Waals surface area contributed by atoms with Gasteiger partial charge in [-0.05, 0) is 42.0 Å². The Morgan fingerprint density at radius 3 is 3.00 bits per heavy atom. The first-order valence-corrected chi connectivity index (χ1v) is 8.87. The van der Waals surface area contributed by atoms with Crippen LogP contribution < -0.4 is 11.1 Å². The molecular weight excluding hydrogens is 292 g/mol. The number of hydrogen-bond acceptors (Lipinski definition) is 4. The van der Waals surface area contributed by atoms with Gasteiger partial charge in [0.15, 0.2) is 0 Å². The lowest BCUT2D eigenvalue weighted by atomic mass is 10.0. The maximum atomic E-state index is 12.5. The van der Waals surface area contributed by atoms with Gasteiger partial charge >= 0.3 is 0 Å². The molecule has 0 bridgehead atoms. The number of amides is 2. The molecule has 0 saturated heterocycles. The molecule has 20 heavy (non-hydrogen) atoms. The van der Waals surface area contributed by atoms with Crippen LogP contribution in [0.25, 0.3) is 0 Å². The minimum Gasteiger partial charge on any atom is -0.369 e. The summed E-state index contributed by atoms with van der Waals surface area (Å²) < 4.78 is 0. The Balaban J connectivity index is 1.70. The van der Waals surface area contributed by atoms with E-state index in [-0.39, 0.29) is 29.0 Å². The van der Waals surface area contributed by atoms with Gasteiger partial charge in [0, 0.05) is 10.9 Å². The zero-order valence-electron chi connectivity index (χ0n) is 11.1. The summed E-state index contributed by atoms with van der Waals surface area (Å²) in [5, 5.41) is 4.98. The third-order valence-corrected chi connectivity index (χ3v) is 6.36. The van der Waals surface area contributed by atoms with E-state index in [1.807, 2.05) is 0 Å². The Hall–Kier alpha value is -1.01. The number of fused-ring (bicyclic) bond motifs is 1. The highest BCUT2D eigenvalue weighted by Crippen LogP contribution is 2.39. The molecule has 2 amide bonds. The number of hydrogen-bond donors (Lipinski definition) is 2. The molecule has 1 saturated carbocycles. The highest BCUT2D eigenvalue weighted by atomic mass is 32.2. The summed E-state index contributed by atoms with van der Waals surface area (Å²) >= 11 is 3.42. The summed E-state index contributed by atoms with van der Waals surface area (Å²) in [6.45, 7) is 0. The molecule has 1 aliphatic carbocycles. The summed E-state index contributed by atoms with van der Waals surface area (Å²) in [7, 11) is 0. The van der Waals surface area contributed by atoms with Crippen LogP contribution in [0.2, 0.25) is 0 Å². The van der Waals surface area contributed by atoms with Crippen molar-refractivity contribution in [3.05, 3.63) is 21.9 Å². The first kappa shape index (κ1) is 13.9. The van der Waals surface area contributed by atoms with Crippen molar-refractivity contribution in [2.24, 2.45) is 11.7 Å². The van der Waals surface area contributed by atoms with Crippen LogP contribution in [0.4, 0.5) is 0 Å². The fourth-order valence-electron chi connectivity index (χ4n) is 3.10. The SMILES string of the molecule is NC(=O)[C@@H]1CCC[C@@H]1NC(=O)[C@@H]1SCCc2sccc21. The van der Waals surface area contributed by atoms with Crippen LogP contribution in [0, 0.1) is 5.92 Å². The Bertz CT molecular complexity index is 529. The number of carbonyl (C=O) groups is 2. The van der Waals surface area contributed by atoms with Crippen molar-refractivity contribution in [3.8, 4) is 0 Å². The monoisotopic (exact) mass is 310 g/mol. The highest BCUT2D eigenvalue weighted by molar-refractivity contribution is 8.00. The standard InChI is InChI=1S/C14H18N2O2S2/c15-13(17)8-2-1-3-10(8)16-14(18)12-9-4-6-19-11(9)5-7-20-12/h4,6,8,10,12H,1-3,5,7H2,(H2,15,17)(H,16,18)/t8-,10+,12-/m1/s1. The third-order valence-electron chi connectivity index (χ3n) is 4.12. The third kappa shape index (κ3) is 2.59. The maximum absolute atomic E-state index is 12.5. The number of nitrogens with one attached hydrogen (secondary N) is 1. The fraction of sp³-hybridized carbons (Fsp3) is 0.571. The van der Waals surface area contributed by atoms with Gasteiger partial charge in [0.1, 0.15) is 5.25 Å². The lowest BCUT2D eigenvalue weighted by molar-refractivity contribution is -0.124. The van der Waals surface area contributed by atoms with Gasteiger partial charge < -0.3 is 11.1 Å². The van der Waals surface area contributed by atoms with Gasteiger partial charge in [-0.2, -0.15) is 0 Å². The van der Waals surface area contributed by atoms with E-state index in [4.69, 9.17) is 5.73 Å². The predicted molar refractivity (Wildman–Crippen MR) is 81.7 cm³/mol. The van der Waals surface area contributed by atoms with Gasteiger partial charge in [-0.15, -0.1) is 23.1 Å². The number of primary amides is 1. The maximum Gasteiger partial charge on any atom is 0.237 e. The normalized spacial score (nSPS) is 28.9. The summed E-state index contributed by atoms with van der Waals surface area (Å²) in [6, 6.07) is 1.97. The van der Waals surface area contributed by atoms with E-state index in [2.05, 4.69) is 16.8 Å². The first-order valence-electron chi connectivity index (χ1n) is 6.94. The summed E-state index contributed by atoms with van der Waals surface area (Å²) in [5.74, 6) is 0.525. The molecule has 3 N–H and O–H groups in total. The van der Waals surface area contributed by atoms with Crippen molar-refractivity contribution in [3.63, 3.8) is 0 Å². The van der Waals surface area contributed by atoms with Gasteiger partial charge in [-0.1, -0.05) is 6.42 Å². The van der Waals surface area contributed by atoms with Crippen molar-refractivity contribution < 1.29 is 9.59 Å². The molecule has 1 aromatic rings. The summed E-state index contributed by atoms with van der Waals surface area (Å²) in [5.41, 5.74) is 6.56. The zero-order chi connectivity index (χ0) is 14.1.